The minimum absolute atomic E-state index is 0.0938. The van der Waals surface area contributed by atoms with Gasteiger partial charge in [-0.05, 0) is 12.0 Å². The number of carbonyl (C=O) groups is 2. The average molecular weight is 268 g/mol. The first-order chi connectivity index (χ1) is 8.47. The molecule has 98 valence electrons. The van der Waals surface area contributed by atoms with Crippen LogP contribution in [0.1, 0.15) is 15.9 Å². The Hall–Kier alpha value is -1.37. The maximum absolute atomic E-state index is 12.0. The van der Waals surface area contributed by atoms with Gasteiger partial charge in [-0.3, -0.25) is 9.59 Å². The molecule has 0 spiro atoms. The number of ketones is 1. The zero-order valence-electron chi connectivity index (χ0n) is 9.74. The van der Waals surface area contributed by atoms with Gasteiger partial charge in [-0.1, -0.05) is 24.3 Å². The van der Waals surface area contributed by atoms with Crippen LogP contribution in [-0.4, -0.2) is 34.7 Å². The van der Waals surface area contributed by atoms with Crippen molar-refractivity contribution in [2.75, 3.05) is 5.75 Å². The molecule has 1 aromatic rings. The highest BCUT2D eigenvalue weighted by atomic mass is 32.1. The van der Waals surface area contributed by atoms with Crippen molar-refractivity contribution >= 4 is 24.4 Å². The second-order valence-electron chi connectivity index (χ2n) is 3.96. The van der Waals surface area contributed by atoms with Gasteiger partial charge in [-0.15, -0.1) is 0 Å². The number of benzene rings is 1. The first-order valence-corrected chi connectivity index (χ1v) is 6.07. The first kappa shape index (κ1) is 14.7. The van der Waals surface area contributed by atoms with E-state index in [0.29, 0.717) is 11.1 Å². The highest BCUT2D eigenvalue weighted by Gasteiger charge is 2.20. The Kier molecular flexibility index (Phi) is 5.33. The molecule has 0 fully saturated rings. The highest BCUT2D eigenvalue weighted by molar-refractivity contribution is 7.80. The summed E-state index contributed by atoms with van der Waals surface area (Å²) < 4.78 is 0. The smallest absolute Gasteiger partial charge is 0.320 e. The molecule has 18 heavy (non-hydrogen) atoms. The van der Waals surface area contributed by atoms with Crippen molar-refractivity contribution in [2.45, 2.75) is 18.5 Å². The normalized spacial score (nSPS) is 13.9. The molecule has 0 aliphatic rings. The molecule has 0 saturated heterocycles. The van der Waals surface area contributed by atoms with E-state index in [0.717, 1.165) is 0 Å². The van der Waals surface area contributed by atoms with Crippen molar-refractivity contribution in [1.29, 1.82) is 0 Å². The Balaban J connectivity index is 2.99. The van der Waals surface area contributed by atoms with E-state index in [9.17, 15) is 9.59 Å². The van der Waals surface area contributed by atoms with Crippen LogP contribution in [0.5, 0.6) is 0 Å². The Morgan fingerprint density at radius 2 is 1.83 bits per heavy atom. The molecular weight excluding hydrogens is 252 g/mol. The Morgan fingerprint density at radius 3 is 2.39 bits per heavy atom. The molecule has 0 bridgehead atoms. The number of carboxylic acids is 1. The Morgan fingerprint density at radius 1 is 1.22 bits per heavy atom. The van der Waals surface area contributed by atoms with E-state index < -0.39 is 18.1 Å². The van der Waals surface area contributed by atoms with E-state index >= 15 is 0 Å². The molecule has 1 rings (SSSR count). The molecule has 5 N–H and O–H groups in total. The van der Waals surface area contributed by atoms with Gasteiger partial charge in [0.2, 0.25) is 0 Å². The summed E-state index contributed by atoms with van der Waals surface area (Å²) in [7, 11) is 0. The summed E-state index contributed by atoms with van der Waals surface area (Å²) in [4.78, 5) is 22.7. The number of aliphatic carboxylic acids is 1. The fourth-order valence-electron chi connectivity index (χ4n) is 1.55. The van der Waals surface area contributed by atoms with E-state index in [4.69, 9.17) is 16.6 Å². The summed E-state index contributed by atoms with van der Waals surface area (Å²) in [5.74, 6) is -1.12. The number of carbonyl (C=O) groups excluding carboxylic acids is 1. The van der Waals surface area contributed by atoms with E-state index in [1.165, 1.54) is 0 Å². The van der Waals surface area contributed by atoms with Gasteiger partial charge in [0.15, 0.2) is 5.78 Å². The minimum atomic E-state index is -1.10. The molecule has 0 unspecified atom stereocenters. The van der Waals surface area contributed by atoms with Crippen LogP contribution in [0.3, 0.4) is 0 Å². The molecule has 0 aliphatic heterocycles. The van der Waals surface area contributed by atoms with Crippen LogP contribution in [0.25, 0.3) is 0 Å². The lowest BCUT2D eigenvalue weighted by Crippen LogP contribution is -2.35. The Labute approximate surface area is 111 Å². The maximum Gasteiger partial charge on any atom is 0.320 e. The molecule has 0 saturated carbocycles. The van der Waals surface area contributed by atoms with Crippen LogP contribution >= 0.6 is 12.6 Å². The van der Waals surface area contributed by atoms with E-state index in [2.05, 4.69) is 12.6 Å². The third-order valence-electron chi connectivity index (χ3n) is 2.57. The molecule has 0 amide bonds. The molecule has 0 heterocycles. The third kappa shape index (κ3) is 3.56. The number of Topliss-reactive ketones (excluding diaryl/α,β-unsaturated/α-hetero) is 1. The molecule has 1 aromatic carbocycles. The molecule has 0 aliphatic carbocycles. The first-order valence-electron chi connectivity index (χ1n) is 5.44. The van der Waals surface area contributed by atoms with Crippen molar-refractivity contribution < 1.29 is 14.7 Å². The summed E-state index contributed by atoms with van der Waals surface area (Å²) in [5.41, 5.74) is 12.1. The van der Waals surface area contributed by atoms with Gasteiger partial charge >= 0.3 is 5.97 Å². The molecule has 0 radical (unpaired) electrons. The summed E-state index contributed by atoms with van der Waals surface area (Å²) in [6.45, 7) is 0. The summed E-state index contributed by atoms with van der Waals surface area (Å²) in [6.07, 6.45) is 0.0938. The fraction of sp³-hybridized carbons (Fsp3) is 0.333. The summed E-state index contributed by atoms with van der Waals surface area (Å²) >= 11 is 3.98. The molecule has 6 heteroatoms. The van der Waals surface area contributed by atoms with Crippen LogP contribution in [-0.2, 0) is 11.2 Å². The van der Waals surface area contributed by atoms with E-state index in [-0.39, 0.29) is 18.0 Å². The lowest BCUT2D eigenvalue weighted by Gasteiger charge is -2.13. The predicted octanol–water partition coefficient (Wildman–Crippen LogP) is 0.0808. The number of nitrogens with two attached hydrogens (primary N) is 2. The largest absolute Gasteiger partial charge is 0.480 e. The second-order valence-corrected chi connectivity index (χ2v) is 4.32. The SMILES string of the molecule is N[C@H](Cc1ccccc1C(=O)[C@@H](N)CS)C(=O)O. The fourth-order valence-corrected chi connectivity index (χ4v) is 1.71. The third-order valence-corrected chi connectivity index (χ3v) is 2.97. The molecule has 2 atom stereocenters. The van der Waals surface area contributed by atoms with Gasteiger partial charge < -0.3 is 16.6 Å². The minimum Gasteiger partial charge on any atom is -0.480 e. The number of hydrogen-bond acceptors (Lipinski definition) is 5. The van der Waals surface area contributed by atoms with Crippen molar-refractivity contribution in [1.82, 2.24) is 0 Å². The van der Waals surface area contributed by atoms with E-state index in [1.807, 2.05) is 0 Å². The lowest BCUT2D eigenvalue weighted by molar-refractivity contribution is -0.138. The summed E-state index contributed by atoms with van der Waals surface area (Å²) in [5, 5.41) is 8.78. The molecule has 0 aromatic heterocycles. The standard InChI is InChI=1S/C12H16N2O3S/c13-9(12(16)17)5-7-3-1-2-4-8(7)11(15)10(14)6-18/h1-4,9-10,18H,5-6,13-14H2,(H,16,17)/t9-,10+/m1/s1. The highest BCUT2D eigenvalue weighted by Crippen LogP contribution is 2.13. The lowest BCUT2D eigenvalue weighted by atomic mass is 9.95. The monoisotopic (exact) mass is 268 g/mol. The van der Waals surface area contributed by atoms with Gasteiger partial charge in [0.1, 0.15) is 6.04 Å². The van der Waals surface area contributed by atoms with Crippen LogP contribution in [0.15, 0.2) is 24.3 Å². The van der Waals surface area contributed by atoms with Crippen molar-refractivity contribution in [3.63, 3.8) is 0 Å². The predicted molar refractivity (Wildman–Crippen MR) is 71.9 cm³/mol. The zero-order chi connectivity index (χ0) is 13.7. The van der Waals surface area contributed by atoms with Gasteiger partial charge in [-0.25, -0.2) is 0 Å². The number of rotatable bonds is 6. The van der Waals surface area contributed by atoms with Gasteiger partial charge in [0.05, 0.1) is 6.04 Å². The zero-order valence-corrected chi connectivity index (χ0v) is 10.6. The van der Waals surface area contributed by atoms with Gasteiger partial charge in [0, 0.05) is 11.3 Å². The number of carboxylic acid groups (broad SMARTS) is 1. The maximum atomic E-state index is 12.0. The van der Waals surface area contributed by atoms with Crippen molar-refractivity contribution in [3.05, 3.63) is 35.4 Å². The van der Waals surface area contributed by atoms with Crippen molar-refractivity contribution in [3.8, 4) is 0 Å². The number of hydrogen-bond donors (Lipinski definition) is 4. The van der Waals surface area contributed by atoms with Crippen LogP contribution in [0.2, 0.25) is 0 Å². The Bertz CT molecular complexity index is 451. The summed E-state index contributed by atoms with van der Waals surface area (Å²) in [6, 6.07) is 5.00. The number of thiol groups is 1. The van der Waals surface area contributed by atoms with Crippen molar-refractivity contribution in [2.24, 2.45) is 11.5 Å². The average Bonchev–Trinajstić information content (AvgIpc) is 2.37. The molecular formula is C12H16N2O3S. The topological polar surface area (TPSA) is 106 Å². The van der Waals surface area contributed by atoms with Crippen LogP contribution in [0, 0.1) is 0 Å². The van der Waals surface area contributed by atoms with E-state index in [1.54, 1.807) is 24.3 Å². The van der Waals surface area contributed by atoms with Gasteiger partial charge in [-0.2, -0.15) is 12.6 Å². The quantitative estimate of drug-likeness (QED) is 0.432. The van der Waals surface area contributed by atoms with Gasteiger partial charge in [0.25, 0.3) is 0 Å². The van der Waals surface area contributed by atoms with Crippen LogP contribution < -0.4 is 11.5 Å². The van der Waals surface area contributed by atoms with Crippen LogP contribution in [0.4, 0.5) is 0 Å². The second kappa shape index (κ2) is 6.53. The molecule has 5 nitrogen and oxygen atoms in total.